The fourth-order valence-corrected chi connectivity index (χ4v) is 1.64. The molecule has 6 heteroatoms. The van der Waals surface area contributed by atoms with Crippen LogP contribution in [0.25, 0.3) is 0 Å². The summed E-state index contributed by atoms with van der Waals surface area (Å²) in [6.07, 6.45) is 0. The van der Waals surface area contributed by atoms with E-state index in [9.17, 15) is 4.79 Å². The molecule has 1 aromatic carbocycles. The Morgan fingerprint density at radius 2 is 1.74 bits per heavy atom. The molecule has 0 aliphatic heterocycles. The van der Waals surface area contributed by atoms with Crippen LogP contribution in [0.1, 0.15) is 18.4 Å². The molecule has 19 heavy (non-hydrogen) atoms. The largest absolute Gasteiger partial charge is 0.497 e. The summed E-state index contributed by atoms with van der Waals surface area (Å²) in [4.78, 5) is 11.8. The molecule has 0 bridgehead atoms. The Morgan fingerprint density at radius 1 is 1.21 bits per heavy atom. The van der Waals surface area contributed by atoms with Crippen LogP contribution >= 0.6 is 12.4 Å². The molecule has 108 valence electrons. The van der Waals surface area contributed by atoms with Gasteiger partial charge in [-0.3, -0.25) is 4.79 Å². The highest BCUT2D eigenvalue weighted by Gasteiger charge is 2.21. The van der Waals surface area contributed by atoms with Crippen molar-refractivity contribution >= 4 is 18.4 Å². The smallest absolute Gasteiger partial charge is 0.314 e. The minimum atomic E-state index is -0.506. The number of methoxy groups -OCH3 is 2. The molecule has 0 amide bonds. The summed E-state index contributed by atoms with van der Waals surface area (Å²) < 4.78 is 15.3. The predicted molar refractivity (Wildman–Crippen MR) is 75.2 cm³/mol. The first kappa shape index (κ1) is 17.5. The van der Waals surface area contributed by atoms with Crippen molar-refractivity contribution in [1.82, 2.24) is 0 Å². The lowest BCUT2D eigenvalue weighted by Crippen LogP contribution is -2.23. The second-order valence-electron chi connectivity index (χ2n) is 3.69. The zero-order valence-electron chi connectivity index (χ0n) is 11.3. The molecule has 0 saturated carbocycles. The molecule has 0 heterocycles. The van der Waals surface area contributed by atoms with Crippen molar-refractivity contribution in [3.63, 3.8) is 0 Å². The van der Waals surface area contributed by atoms with Crippen LogP contribution in [-0.4, -0.2) is 33.3 Å². The first-order valence-corrected chi connectivity index (χ1v) is 5.75. The van der Waals surface area contributed by atoms with E-state index >= 15 is 0 Å². The maximum Gasteiger partial charge on any atom is 0.314 e. The van der Waals surface area contributed by atoms with E-state index in [-0.39, 0.29) is 24.9 Å². The summed E-state index contributed by atoms with van der Waals surface area (Å²) in [7, 11) is 3.11. The zero-order valence-corrected chi connectivity index (χ0v) is 12.2. The van der Waals surface area contributed by atoms with Gasteiger partial charge in [0.25, 0.3) is 0 Å². The normalized spacial score (nSPS) is 11.2. The number of esters is 1. The molecule has 0 saturated heterocycles. The number of nitrogens with two attached hydrogens (primary N) is 1. The number of rotatable bonds is 6. The SMILES string of the molecule is CCOC(=O)C(CN)c1cc(OC)cc(OC)c1.Cl. The van der Waals surface area contributed by atoms with E-state index in [0.717, 1.165) is 5.56 Å². The lowest BCUT2D eigenvalue weighted by molar-refractivity contribution is -0.144. The Hall–Kier alpha value is -1.46. The molecule has 0 aliphatic carbocycles. The van der Waals surface area contributed by atoms with Crippen molar-refractivity contribution < 1.29 is 19.0 Å². The monoisotopic (exact) mass is 289 g/mol. The van der Waals surface area contributed by atoms with Crippen molar-refractivity contribution in [3.05, 3.63) is 23.8 Å². The lowest BCUT2D eigenvalue weighted by Gasteiger charge is -2.15. The molecule has 0 aliphatic rings. The van der Waals surface area contributed by atoms with E-state index < -0.39 is 5.92 Å². The quantitative estimate of drug-likeness (QED) is 0.808. The number of hydrogen-bond donors (Lipinski definition) is 1. The molecule has 0 aromatic heterocycles. The van der Waals surface area contributed by atoms with Gasteiger partial charge < -0.3 is 19.9 Å². The molecule has 1 aromatic rings. The van der Waals surface area contributed by atoms with E-state index in [2.05, 4.69) is 0 Å². The first-order chi connectivity index (χ1) is 8.65. The number of carbonyl (C=O) groups excluding carboxylic acids is 1. The summed E-state index contributed by atoms with van der Waals surface area (Å²) in [5, 5.41) is 0. The van der Waals surface area contributed by atoms with Gasteiger partial charge in [-0.2, -0.15) is 0 Å². The van der Waals surface area contributed by atoms with Gasteiger partial charge in [0.05, 0.1) is 26.7 Å². The minimum Gasteiger partial charge on any atom is -0.497 e. The van der Waals surface area contributed by atoms with Crippen molar-refractivity contribution in [2.45, 2.75) is 12.8 Å². The number of halogens is 1. The second kappa shape index (κ2) is 8.61. The van der Waals surface area contributed by atoms with E-state index in [4.69, 9.17) is 19.9 Å². The lowest BCUT2D eigenvalue weighted by atomic mass is 9.99. The van der Waals surface area contributed by atoms with Crippen LogP contribution in [0.4, 0.5) is 0 Å². The molecule has 1 unspecified atom stereocenters. The van der Waals surface area contributed by atoms with Crippen LogP contribution in [0.2, 0.25) is 0 Å². The first-order valence-electron chi connectivity index (χ1n) is 5.75. The van der Waals surface area contributed by atoms with Crippen molar-refractivity contribution in [1.29, 1.82) is 0 Å². The fourth-order valence-electron chi connectivity index (χ4n) is 1.64. The fraction of sp³-hybridized carbons (Fsp3) is 0.462. The van der Waals surface area contributed by atoms with Gasteiger partial charge in [0, 0.05) is 12.6 Å². The van der Waals surface area contributed by atoms with Gasteiger partial charge in [0.2, 0.25) is 0 Å². The summed E-state index contributed by atoms with van der Waals surface area (Å²) in [6, 6.07) is 5.26. The molecule has 1 rings (SSSR count). The highest BCUT2D eigenvalue weighted by atomic mass is 35.5. The summed E-state index contributed by atoms with van der Waals surface area (Å²) in [5.41, 5.74) is 6.37. The van der Waals surface area contributed by atoms with Crippen molar-refractivity contribution in [2.75, 3.05) is 27.4 Å². The Morgan fingerprint density at radius 3 is 2.11 bits per heavy atom. The molecule has 5 nitrogen and oxygen atoms in total. The number of carbonyl (C=O) groups is 1. The maximum atomic E-state index is 11.8. The second-order valence-corrected chi connectivity index (χ2v) is 3.69. The summed E-state index contributed by atoms with van der Waals surface area (Å²) in [5.74, 6) is 0.392. The van der Waals surface area contributed by atoms with E-state index in [0.29, 0.717) is 18.1 Å². The van der Waals surface area contributed by atoms with Gasteiger partial charge >= 0.3 is 5.97 Å². The molecular weight excluding hydrogens is 270 g/mol. The van der Waals surface area contributed by atoms with Crippen molar-refractivity contribution in [3.8, 4) is 11.5 Å². The predicted octanol–water partition coefficient (Wildman–Crippen LogP) is 1.73. The Bertz CT molecular complexity index is 389. The number of hydrogen-bond acceptors (Lipinski definition) is 5. The Balaban J connectivity index is 0.00000324. The van der Waals surface area contributed by atoms with Crippen LogP contribution in [0.3, 0.4) is 0 Å². The van der Waals surface area contributed by atoms with E-state index in [1.54, 1.807) is 39.3 Å². The van der Waals surface area contributed by atoms with Gasteiger partial charge in [-0.1, -0.05) is 0 Å². The van der Waals surface area contributed by atoms with Crippen LogP contribution in [0, 0.1) is 0 Å². The molecule has 0 spiro atoms. The molecule has 2 N–H and O–H groups in total. The van der Waals surface area contributed by atoms with E-state index in [1.807, 2.05) is 0 Å². The summed E-state index contributed by atoms with van der Waals surface area (Å²) >= 11 is 0. The van der Waals surface area contributed by atoms with Gasteiger partial charge in [0.1, 0.15) is 11.5 Å². The maximum absolute atomic E-state index is 11.8. The summed E-state index contributed by atoms with van der Waals surface area (Å²) in [6.45, 7) is 2.27. The number of ether oxygens (including phenoxy) is 3. The highest BCUT2D eigenvalue weighted by Crippen LogP contribution is 2.27. The van der Waals surface area contributed by atoms with Gasteiger partial charge in [0.15, 0.2) is 0 Å². The van der Waals surface area contributed by atoms with Gasteiger partial charge in [-0.05, 0) is 24.6 Å². The third-order valence-electron chi connectivity index (χ3n) is 2.58. The third kappa shape index (κ3) is 4.61. The molecule has 0 fully saturated rings. The Labute approximate surface area is 119 Å². The average Bonchev–Trinajstić information content (AvgIpc) is 2.39. The van der Waals surface area contributed by atoms with Gasteiger partial charge in [-0.25, -0.2) is 0 Å². The molecule has 1 atom stereocenters. The number of benzene rings is 1. The molecular formula is C13H20ClNO4. The van der Waals surface area contributed by atoms with E-state index in [1.165, 1.54) is 0 Å². The minimum absolute atomic E-state index is 0. The zero-order chi connectivity index (χ0) is 13.5. The van der Waals surface area contributed by atoms with Crippen LogP contribution < -0.4 is 15.2 Å². The van der Waals surface area contributed by atoms with Crippen LogP contribution in [0.15, 0.2) is 18.2 Å². The van der Waals surface area contributed by atoms with Crippen LogP contribution in [0.5, 0.6) is 11.5 Å². The van der Waals surface area contributed by atoms with Crippen LogP contribution in [-0.2, 0) is 9.53 Å². The Kier molecular flexibility index (Phi) is 7.95. The van der Waals surface area contributed by atoms with Gasteiger partial charge in [-0.15, -0.1) is 12.4 Å². The average molecular weight is 290 g/mol. The standard InChI is InChI=1S/C13H19NO4.ClH/c1-4-18-13(15)12(8-14)9-5-10(16-2)7-11(6-9)17-3;/h5-7,12H,4,8,14H2,1-3H3;1H. The van der Waals surface area contributed by atoms with Crippen molar-refractivity contribution in [2.24, 2.45) is 5.73 Å². The highest BCUT2D eigenvalue weighted by molar-refractivity contribution is 5.85. The third-order valence-corrected chi connectivity index (χ3v) is 2.58. The molecule has 0 radical (unpaired) electrons. The topological polar surface area (TPSA) is 70.8 Å².